The van der Waals surface area contributed by atoms with Gasteiger partial charge in [-0.05, 0) is 26.7 Å². The van der Waals surface area contributed by atoms with Crippen molar-refractivity contribution in [1.82, 2.24) is 0 Å². The average molecular weight is 236 g/mol. The molecule has 0 radical (unpaired) electrons. The first kappa shape index (κ1) is 15.5. The van der Waals surface area contributed by atoms with E-state index in [-0.39, 0.29) is 9.52 Å². The van der Waals surface area contributed by atoms with E-state index in [9.17, 15) is 0 Å². The van der Waals surface area contributed by atoms with E-state index < -0.39 is 0 Å². The van der Waals surface area contributed by atoms with Crippen molar-refractivity contribution in [3.05, 3.63) is 11.6 Å². The van der Waals surface area contributed by atoms with Crippen molar-refractivity contribution in [2.75, 3.05) is 0 Å². The lowest BCUT2D eigenvalue weighted by molar-refractivity contribution is 0.855. The average Bonchev–Trinajstić information content (AvgIpc) is 2.29. The quantitative estimate of drug-likeness (QED) is 0.242. The highest BCUT2D eigenvalue weighted by Crippen LogP contribution is 2.09. The summed E-state index contributed by atoms with van der Waals surface area (Å²) in [6, 6.07) is 3.10. The summed E-state index contributed by atoms with van der Waals surface area (Å²) in [5.41, 5.74) is 1.57. The molecule has 92 valence electrons. The molecular formula is C15H28Si. The van der Waals surface area contributed by atoms with Crippen LogP contribution in [-0.2, 0) is 0 Å². The van der Waals surface area contributed by atoms with Gasteiger partial charge in [0.2, 0.25) is 0 Å². The van der Waals surface area contributed by atoms with Gasteiger partial charge >= 0.3 is 0 Å². The normalized spacial score (nSPS) is 11.8. The Morgan fingerprint density at radius 1 is 1.25 bits per heavy atom. The molecule has 0 bridgehead atoms. The molecule has 0 aliphatic carbocycles. The largest absolute Gasteiger partial charge is 0.107 e. The number of hydrogen-bond donors (Lipinski definition) is 0. The molecule has 0 aliphatic rings. The van der Waals surface area contributed by atoms with E-state index in [0.717, 1.165) is 12.8 Å². The van der Waals surface area contributed by atoms with Gasteiger partial charge in [-0.15, -0.1) is 11.8 Å². The second-order valence-corrected chi connectivity index (χ2v) is 6.66. The third-order valence-electron chi connectivity index (χ3n) is 2.86. The lowest BCUT2D eigenvalue weighted by Gasteiger charge is -2.01. The first-order chi connectivity index (χ1) is 7.81. The Hall–Kier alpha value is -0.483. The zero-order chi connectivity index (χ0) is 12.1. The molecule has 16 heavy (non-hydrogen) atoms. The Bertz CT molecular complexity index is 230. The first-order valence-electron chi connectivity index (χ1n) is 6.86. The molecule has 0 aromatic heterocycles. The molecule has 0 fully saturated rings. The summed E-state index contributed by atoms with van der Waals surface area (Å²) in [5, 5.41) is 0. The molecule has 0 heterocycles. The summed E-state index contributed by atoms with van der Waals surface area (Å²) in [4.78, 5) is 0. The molecule has 0 spiro atoms. The molecule has 0 nitrogen and oxygen atoms in total. The van der Waals surface area contributed by atoms with E-state index in [1.165, 1.54) is 25.7 Å². The van der Waals surface area contributed by atoms with Crippen LogP contribution >= 0.6 is 0 Å². The van der Waals surface area contributed by atoms with Crippen LogP contribution in [0.2, 0.25) is 12.1 Å². The maximum atomic E-state index is 3.11. The molecule has 1 heteroatoms. The minimum atomic E-state index is 0.281. The maximum absolute atomic E-state index is 3.11. The Kier molecular flexibility index (Phi) is 12.2. The molecule has 0 rings (SSSR count). The highest BCUT2D eigenvalue weighted by Gasteiger charge is 1.92. The van der Waals surface area contributed by atoms with Crippen LogP contribution < -0.4 is 0 Å². The van der Waals surface area contributed by atoms with Gasteiger partial charge in [-0.2, -0.15) is 0 Å². The van der Waals surface area contributed by atoms with Crippen LogP contribution in [0.5, 0.6) is 0 Å². The molecule has 0 unspecified atom stereocenters. The third-order valence-corrected chi connectivity index (χ3v) is 4.86. The summed E-state index contributed by atoms with van der Waals surface area (Å²) >= 11 is 0. The number of unbranched alkanes of at least 4 members (excludes halogenated alkanes) is 2. The van der Waals surface area contributed by atoms with Crippen LogP contribution in [0.4, 0.5) is 0 Å². The van der Waals surface area contributed by atoms with Crippen molar-refractivity contribution in [2.45, 2.75) is 71.4 Å². The van der Waals surface area contributed by atoms with Crippen LogP contribution in [0.3, 0.4) is 0 Å². The summed E-state index contributed by atoms with van der Waals surface area (Å²) in [7, 11) is 0.281. The Balaban J connectivity index is 3.33. The van der Waals surface area contributed by atoms with Crippen molar-refractivity contribution in [1.29, 1.82) is 0 Å². The van der Waals surface area contributed by atoms with Gasteiger partial charge in [0.25, 0.3) is 0 Å². The van der Waals surface area contributed by atoms with E-state index in [2.05, 4.69) is 31.8 Å². The van der Waals surface area contributed by atoms with Crippen molar-refractivity contribution in [3.8, 4) is 11.8 Å². The predicted octanol–water partition coefficient (Wildman–Crippen LogP) is 4.32. The lowest BCUT2D eigenvalue weighted by Crippen LogP contribution is -1.89. The monoisotopic (exact) mass is 236 g/mol. The van der Waals surface area contributed by atoms with E-state index >= 15 is 0 Å². The zero-order valence-electron chi connectivity index (χ0n) is 11.4. The Labute approximate surface area is 105 Å². The van der Waals surface area contributed by atoms with Gasteiger partial charge in [0.15, 0.2) is 0 Å². The minimum absolute atomic E-state index is 0.281. The van der Waals surface area contributed by atoms with E-state index in [4.69, 9.17) is 0 Å². The summed E-state index contributed by atoms with van der Waals surface area (Å²) in [5.74, 6) is 6.05. The van der Waals surface area contributed by atoms with Crippen molar-refractivity contribution in [3.63, 3.8) is 0 Å². The fourth-order valence-electron chi connectivity index (χ4n) is 1.80. The van der Waals surface area contributed by atoms with Gasteiger partial charge in [0.05, 0.1) is 0 Å². The van der Waals surface area contributed by atoms with Gasteiger partial charge < -0.3 is 0 Å². The van der Waals surface area contributed by atoms with Gasteiger partial charge in [-0.1, -0.05) is 49.9 Å². The molecule has 0 aliphatic heterocycles. The van der Waals surface area contributed by atoms with Gasteiger partial charge in [-0.25, -0.2) is 0 Å². The van der Waals surface area contributed by atoms with Crippen LogP contribution in [0, 0.1) is 11.8 Å². The number of rotatable bonds is 9. The molecule has 0 amide bonds. The van der Waals surface area contributed by atoms with Gasteiger partial charge in [0, 0.05) is 15.9 Å². The highest BCUT2D eigenvalue weighted by molar-refractivity contribution is 6.35. The smallest absolute Gasteiger partial charge is 0.0198 e. The van der Waals surface area contributed by atoms with Gasteiger partial charge in [-0.3, -0.25) is 0 Å². The minimum Gasteiger partial charge on any atom is -0.107 e. The lowest BCUT2D eigenvalue weighted by atomic mass is 10.1. The Morgan fingerprint density at radius 3 is 2.69 bits per heavy atom. The SMILES string of the molecule is CC#CCC/C=C(\C)CCC[SiH2]CCCC. The second-order valence-electron chi connectivity index (χ2n) is 4.53. The molecular weight excluding hydrogens is 208 g/mol. The summed E-state index contributed by atoms with van der Waals surface area (Å²) in [6.45, 7) is 6.48. The van der Waals surface area contributed by atoms with Crippen LogP contribution in [-0.4, -0.2) is 9.52 Å². The topological polar surface area (TPSA) is 0 Å². The molecule has 0 N–H and O–H groups in total. The summed E-state index contributed by atoms with van der Waals surface area (Å²) in [6.07, 6.45) is 10.1. The molecule has 0 saturated heterocycles. The van der Waals surface area contributed by atoms with Crippen molar-refractivity contribution < 1.29 is 0 Å². The number of hydrogen-bond acceptors (Lipinski definition) is 0. The first-order valence-corrected chi connectivity index (χ1v) is 8.86. The zero-order valence-corrected chi connectivity index (χ0v) is 12.9. The standard InChI is InChI=1S/C15H28Si/c1-4-6-8-9-11-15(3)12-10-14-16-13-7-5-2/h11H,5,7-10,12-14,16H2,1-3H3/b15-11+. The fourth-order valence-corrected chi connectivity index (χ4v) is 3.61. The Morgan fingerprint density at radius 2 is 2.00 bits per heavy atom. The van der Waals surface area contributed by atoms with Gasteiger partial charge in [0.1, 0.15) is 0 Å². The molecule has 0 atom stereocenters. The third kappa shape index (κ3) is 11.6. The van der Waals surface area contributed by atoms with E-state index in [0.29, 0.717) is 0 Å². The van der Waals surface area contributed by atoms with Crippen molar-refractivity contribution in [2.24, 2.45) is 0 Å². The van der Waals surface area contributed by atoms with E-state index in [1.807, 2.05) is 6.92 Å². The number of allylic oxidation sites excluding steroid dienone is 2. The second kappa shape index (κ2) is 12.6. The summed E-state index contributed by atoms with van der Waals surface area (Å²) < 4.78 is 0. The van der Waals surface area contributed by atoms with E-state index in [1.54, 1.807) is 17.7 Å². The van der Waals surface area contributed by atoms with Crippen LogP contribution in [0.25, 0.3) is 0 Å². The maximum Gasteiger partial charge on any atom is 0.0198 e. The molecule has 0 aromatic rings. The molecule has 0 saturated carbocycles. The van der Waals surface area contributed by atoms with Crippen molar-refractivity contribution >= 4 is 9.52 Å². The predicted molar refractivity (Wildman–Crippen MR) is 78.7 cm³/mol. The molecule has 0 aromatic carbocycles. The van der Waals surface area contributed by atoms with Crippen LogP contribution in [0.15, 0.2) is 11.6 Å². The fraction of sp³-hybridized carbons (Fsp3) is 0.733. The van der Waals surface area contributed by atoms with Crippen LogP contribution in [0.1, 0.15) is 59.3 Å². The highest BCUT2D eigenvalue weighted by atomic mass is 28.2.